The van der Waals surface area contributed by atoms with E-state index >= 15 is 0 Å². The first-order valence-electron chi connectivity index (χ1n) is 4.38. The fourth-order valence-corrected chi connectivity index (χ4v) is 1.16. The van der Waals surface area contributed by atoms with Gasteiger partial charge in [0.25, 0.3) is 5.91 Å². The average Bonchev–Trinajstić information content (AvgIpc) is 2.28. The van der Waals surface area contributed by atoms with Crippen LogP contribution in [0.5, 0.6) is 0 Å². The molecule has 86 valence electrons. The van der Waals surface area contributed by atoms with E-state index in [2.05, 4.69) is 10.1 Å². The number of carbonyl (C=O) groups is 1. The number of oxime groups is 1. The Kier molecular flexibility index (Phi) is 4.07. The lowest BCUT2D eigenvalue weighted by Gasteiger charge is -2.15. The van der Waals surface area contributed by atoms with Gasteiger partial charge in [-0.15, -0.1) is 0 Å². The molecule has 0 unspecified atom stereocenters. The molecule has 0 aliphatic heterocycles. The van der Waals surface area contributed by atoms with Crippen LogP contribution in [0.3, 0.4) is 0 Å². The van der Waals surface area contributed by atoms with Crippen molar-refractivity contribution in [3.8, 4) is 0 Å². The Morgan fingerprint density at radius 1 is 1.69 bits per heavy atom. The van der Waals surface area contributed by atoms with Crippen LogP contribution in [0.25, 0.3) is 0 Å². The Balaban J connectivity index is 2.74. The third-order valence-corrected chi connectivity index (χ3v) is 2.04. The molecule has 0 saturated heterocycles. The number of hydrogen-bond donors (Lipinski definition) is 2. The van der Waals surface area contributed by atoms with Gasteiger partial charge < -0.3 is 15.8 Å². The van der Waals surface area contributed by atoms with Crippen molar-refractivity contribution in [2.45, 2.75) is 0 Å². The minimum absolute atomic E-state index is 0.0274. The standard InChI is InChI=1S/C9H11ClN4O2/c1-14(5-8(11)13-16)9(15)7-3-2-6(10)4-12-7/h2-4,16H,5H2,1H3,(H2,11,13). The number of aromatic nitrogens is 1. The monoisotopic (exact) mass is 242 g/mol. The zero-order chi connectivity index (χ0) is 12.1. The molecule has 7 heteroatoms. The topological polar surface area (TPSA) is 91.8 Å². The minimum Gasteiger partial charge on any atom is -0.409 e. The van der Waals surface area contributed by atoms with E-state index in [4.69, 9.17) is 22.5 Å². The number of amides is 1. The molecule has 1 rings (SSSR count). The van der Waals surface area contributed by atoms with Gasteiger partial charge in [-0.3, -0.25) is 4.79 Å². The average molecular weight is 243 g/mol. The fraction of sp³-hybridized carbons (Fsp3) is 0.222. The SMILES string of the molecule is CN(CC(N)=NO)C(=O)c1ccc(Cl)cn1. The van der Waals surface area contributed by atoms with Gasteiger partial charge in [0.05, 0.1) is 11.6 Å². The summed E-state index contributed by atoms with van der Waals surface area (Å²) in [6.45, 7) is 0.0274. The van der Waals surface area contributed by atoms with Crippen LogP contribution in [0, 0.1) is 0 Å². The van der Waals surface area contributed by atoms with Crippen molar-refractivity contribution in [1.82, 2.24) is 9.88 Å². The van der Waals surface area contributed by atoms with Crippen LogP contribution in [0.4, 0.5) is 0 Å². The second-order valence-electron chi connectivity index (χ2n) is 3.11. The maximum absolute atomic E-state index is 11.7. The molecule has 0 aromatic carbocycles. The molecular weight excluding hydrogens is 232 g/mol. The lowest BCUT2D eigenvalue weighted by molar-refractivity contribution is 0.0808. The minimum atomic E-state index is -0.330. The first-order valence-corrected chi connectivity index (χ1v) is 4.76. The molecule has 6 nitrogen and oxygen atoms in total. The summed E-state index contributed by atoms with van der Waals surface area (Å²) in [7, 11) is 1.52. The predicted octanol–water partition coefficient (Wildman–Crippen LogP) is 0.553. The van der Waals surface area contributed by atoms with Gasteiger partial charge in [0.1, 0.15) is 5.69 Å². The molecule has 1 aromatic rings. The first-order chi connectivity index (χ1) is 7.54. The summed E-state index contributed by atoms with van der Waals surface area (Å²) in [6.07, 6.45) is 1.38. The third-order valence-electron chi connectivity index (χ3n) is 1.82. The van der Waals surface area contributed by atoms with Crippen molar-refractivity contribution in [1.29, 1.82) is 0 Å². The number of likely N-dealkylation sites (N-methyl/N-ethyl adjacent to an activating group) is 1. The van der Waals surface area contributed by atoms with Gasteiger partial charge in [-0.1, -0.05) is 16.8 Å². The normalized spacial score (nSPS) is 11.2. The lowest BCUT2D eigenvalue weighted by atomic mass is 10.3. The Bertz CT molecular complexity index is 404. The van der Waals surface area contributed by atoms with E-state index < -0.39 is 0 Å². The summed E-state index contributed by atoms with van der Waals surface area (Å²) in [4.78, 5) is 16.9. The van der Waals surface area contributed by atoms with Crippen LogP contribution < -0.4 is 5.73 Å². The Hall–Kier alpha value is -1.82. The molecule has 0 bridgehead atoms. The molecule has 1 amide bonds. The van der Waals surface area contributed by atoms with Crippen molar-refractivity contribution in [2.75, 3.05) is 13.6 Å². The van der Waals surface area contributed by atoms with E-state index in [1.165, 1.54) is 24.2 Å². The van der Waals surface area contributed by atoms with Gasteiger partial charge in [-0.25, -0.2) is 4.98 Å². The van der Waals surface area contributed by atoms with Crippen LogP contribution in [0.1, 0.15) is 10.5 Å². The van der Waals surface area contributed by atoms with Crippen molar-refractivity contribution in [3.63, 3.8) is 0 Å². The number of nitrogens with two attached hydrogens (primary N) is 1. The third kappa shape index (κ3) is 3.09. The summed E-state index contributed by atoms with van der Waals surface area (Å²) in [5.74, 6) is -0.381. The largest absolute Gasteiger partial charge is 0.409 e. The molecule has 0 fully saturated rings. The zero-order valence-electron chi connectivity index (χ0n) is 8.59. The maximum Gasteiger partial charge on any atom is 0.272 e. The van der Waals surface area contributed by atoms with Gasteiger partial charge in [-0.05, 0) is 12.1 Å². The van der Waals surface area contributed by atoms with E-state index in [9.17, 15) is 4.79 Å². The molecular formula is C9H11ClN4O2. The molecule has 0 aliphatic rings. The highest BCUT2D eigenvalue weighted by Crippen LogP contribution is 2.07. The number of hydrogen-bond acceptors (Lipinski definition) is 4. The van der Waals surface area contributed by atoms with E-state index in [0.29, 0.717) is 5.02 Å². The highest BCUT2D eigenvalue weighted by atomic mass is 35.5. The smallest absolute Gasteiger partial charge is 0.272 e. The number of nitrogens with zero attached hydrogens (tertiary/aromatic N) is 3. The van der Waals surface area contributed by atoms with Gasteiger partial charge in [0.2, 0.25) is 0 Å². The second kappa shape index (κ2) is 5.32. The lowest BCUT2D eigenvalue weighted by Crippen LogP contribution is -2.35. The molecule has 3 N–H and O–H groups in total. The van der Waals surface area contributed by atoms with E-state index in [0.717, 1.165) is 0 Å². The number of rotatable bonds is 3. The Labute approximate surface area is 97.3 Å². The van der Waals surface area contributed by atoms with Crippen LogP contribution >= 0.6 is 11.6 Å². The highest BCUT2D eigenvalue weighted by Gasteiger charge is 2.13. The summed E-state index contributed by atoms with van der Waals surface area (Å²) in [6, 6.07) is 3.08. The van der Waals surface area contributed by atoms with Gasteiger partial charge in [0, 0.05) is 13.2 Å². The zero-order valence-corrected chi connectivity index (χ0v) is 9.35. The summed E-state index contributed by atoms with van der Waals surface area (Å²) in [5, 5.41) is 11.6. The molecule has 0 radical (unpaired) electrons. The molecule has 0 spiro atoms. The van der Waals surface area contributed by atoms with Crippen molar-refractivity contribution >= 4 is 23.3 Å². The number of carbonyl (C=O) groups excluding carboxylic acids is 1. The van der Waals surface area contributed by atoms with Crippen molar-refractivity contribution < 1.29 is 10.0 Å². The van der Waals surface area contributed by atoms with E-state index in [1.54, 1.807) is 6.07 Å². The van der Waals surface area contributed by atoms with Gasteiger partial charge >= 0.3 is 0 Å². The quantitative estimate of drug-likeness (QED) is 0.351. The molecule has 0 aliphatic carbocycles. The summed E-state index contributed by atoms with van der Waals surface area (Å²) in [5.41, 5.74) is 5.53. The summed E-state index contributed by atoms with van der Waals surface area (Å²) < 4.78 is 0. The van der Waals surface area contributed by atoms with Crippen LogP contribution in [0.2, 0.25) is 5.02 Å². The van der Waals surface area contributed by atoms with Crippen LogP contribution in [0.15, 0.2) is 23.5 Å². The van der Waals surface area contributed by atoms with Gasteiger partial charge in [-0.2, -0.15) is 0 Å². The van der Waals surface area contributed by atoms with E-state index in [1.807, 2.05) is 0 Å². The Morgan fingerprint density at radius 3 is 2.88 bits per heavy atom. The molecule has 16 heavy (non-hydrogen) atoms. The number of pyridine rings is 1. The van der Waals surface area contributed by atoms with Crippen molar-refractivity contribution in [3.05, 3.63) is 29.0 Å². The maximum atomic E-state index is 11.7. The Morgan fingerprint density at radius 2 is 2.38 bits per heavy atom. The van der Waals surface area contributed by atoms with Crippen molar-refractivity contribution in [2.24, 2.45) is 10.9 Å². The first kappa shape index (κ1) is 12.3. The predicted molar refractivity (Wildman–Crippen MR) is 59.6 cm³/mol. The number of halogens is 1. The molecule has 0 atom stereocenters. The van der Waals surface area contributed by atoms with Crippen LogP contribution in [-0.4, -0.2) is 40.4 Å². The molecule has 0 saturated carbocycles. The highest BCUT2D eigenvalue weighted by molar-refractivity contribution is 6.30. The van der Waals surface area contributed by atoms with Crippen LogP contribution in [-0.2, 0) is 0 Å². The van der Waals surface area contributed by atoms with Gasteiger partial charge in [0.15, 0.2) is 5.84 Å². The van der Waals surface area contributed by atoms with E-state index in [-0.39, 0.29) is 24.0 Å². The molecule has 1 aromatic heterocycles. The molecule has 1 heterocycles. The fourth-order valence-electron chi connectivity index (χ4n) is 1.04. The number of amidine groups is 1. The second-order valence-corrected chi connectivity index (χ2v) is 3.55. The summed E-state index contributed by atoms with van der Waals surface area (Å²) >= 11 is 5.64.